The molecule has 118 valence electrons. The number of phenols is 2. The van der Waals surface area contributed by atoms with Crippen molar-refractivity contribution in [1.82, 2.24) is 0 Å². The van der Waals surface area contributed by atoms with E-state index in [1.165, 1.54) is 20.3 Å². The van der Waals surface area contributed by atoms with Crippen LogP contribution in [0.5, 0.6) is 23.0 Å². The van der Waals surface area contributed by atoms with Gasteiger partial charge in [0.05, 0.1) is 14.2 Å². The molecule has 0 aliphatic heterocycles. The summed E-state index contributed by atoms with van der Waals surface area (Å²) in [6, 6.07) is 10.3. The van der Waals surface area contributed by atoms with Crippen molar-refractivity contribution in [1.29, 1.82) is 0 Å². The molecule has 0 spiro atoms. The van der Waals surface area contributed by atoms with E-state index in [4.69, 9.17) is 13.9 Å². The molecule has 23 heavy (non-hydrogen) atoms. The average molecular weight is 314 g/mol. The van der Waals surface area contributed by atoms with Gasteiger partial charge >= 0.3 is 0 Å². The first-order chi connectivity index (χ1) is 11.1. The van der Waals surface area contributed by atoms with Crippen LogP contribution in [0.1, 0.15) is 0 Å². The summed E-state index contributed by atoms with van der Waals surface area (Å²) in [6.07, 6.45) is 0. The Labute approximate surface area is 131 Å². The van der Waals surface area contributed by atoms with Crippen molar-refractivity contribution in [2.24, 2.45) is 0 Å². The highest BCUT2D eigenvalue weighted by Crippen LogP contribution is 2.42. The lowest BCUT2D eigenvalue weighted by atomic mass is 10.1. The van der Waals surface area contributed by atoms with Crippen molar-refractivity contribution < 1.29 is 24.1 Å². The Hall–Kier alpha value is -3.15. The molecule has 3 rings (SSSR count). The van der Waals surface area contributed by atoms with Crippen LogP contribution in [0.3, 0.4) is 0 Å². The Bertz CT molecular complexity index is 927. The standard InChI is InChI=1S/C17H14O6/c1-21-11-8-10-12(14(19)13(11)18)15(20)17(22-2)16(23-10)9-6-4-3-5-7-9/h3-8,18-19H,1-2H3. The maximum Gasteiger partial charge on any atom is 0.239 e. The van der Waals surface area contributed by atoms with Gasteiger partial charge in [-0.3, -0.25) is 4.79 Å². The molecule has 3 aromatic rings. The summed E-state index contributed by atoms with van der Waals surface area (Å²) in [5.74, 6) is -0.948. The molecule has 6 heteroatoms. The zero-order valence-corrected chi connectivity index (χ0v) is 12.5. The van der Waals surface area contributed by atoms with Crippen LogP contribution >= 0.6 is 0 Å². The zero-order valence-electron chi connectivity index (χ0n) is 12.5. The van der Waals surface area contributed by atoms with Gasteiger partial charge in [0, 0.05) is 11.6 Å². The van der Waals surface area contributed by atoms with Gasteiger partial charge in [-0.05, 0) is 0 Å². The van der Waals surface area contributed by atoms with E-state index in [2.05, 4.69) is 0 Å². The fourth-order valence-corrected chi connectivity index (χ4v) is 2.40. The summed E-state index contributed by atoms with van der Waals surface area (Å²) in [4.78, 5) is 12.6. The number of aromatic hydroxyl groups is 2. The average Bonchev–Trinajstić information content (AvgIpc) is 2.58. The first-order valence-corrected chi connectivity index (χ1v) is 6.77. The largest absolute Gasteiger partial charge is 0.504 e. The molecule has 0 aliphatic carbocycles. The molecule has 1 heterocycles. The molecule has 0 aliphatic rings. The van der Waals surface area contributed by atoms with E-state index in [0.717, 1.165) is 0 Å². The van der Waals surface area contributed by atoms with Crippen LogP contribution in [-0.4, -0.2) is 24.4 Å². The Morgan fingerprint density at radius 1 is 1.00 bits per heavy atom. The minimum atomic E-state index is -0.606. The van der Waals surface area contributed by atoms with E-state index < -0.39 is 16.9 Å². The number of hydrogen-bond acceptors (Lipinski definition) is 6. The molecule has 1 aromatic heterocycles. The van der Waals surface area contributed by atoms with Gasteiger partial charge in [-0.2, -0.15) is 0 Å². The van der Waals surface area contributed by atoms with E-state index in [-0.39, 0.29) is 28.2 Å². The lowest BCUT2D eigenvalue weighted by Gasteiger charge is -2.12. The molecule has 0 saturated heterocycles. The Morgan fingerprint density at radius 2 is 1.70 bits per heavy atom. The predicted molar refractivity (Wildman–Crippen MR) is 84.4 cm³/mol. The summed E-state index contributed by atoms with van der Waals surface area (Å²) >= 11 is 0. The van der Waals surface area contributed by atoms with Crippen LogP contribution in [0.25, 0.3) is 22.3 Å². The summed E-state index contributed by atoms with van der Waals surface area (Å²) in [5, 5.41) is 19.8. The topological polar surface area (TPSA) is 89.1 Å². The first-order valence-electron chi connectivity index (χ1n) is 6.77. The molecule has 0 amide bonds. The van der Waals surface area contributed by atoms with Gasteiger partial charge in [-0.25, -0.2) is 0 Å². The SMILES string of the molecule is COc1cc2oc(-c3ccccc3)c(OC)c(=O)c2c(O)c1O. The minimum Gasteiger partial charge on any atom is -0.504 e. The third-order valence-electron chi connectivity index (χ3n) is 3.51. The zero-order chi connectivity index (χ0) is 16.6. The highest BCUT2D eigenvalue weighted by molar-refractivity contribution is 5.91. The molecule has 0 radical (unpaired) electrons. The van der Waals surface area contributed by atoms with Crippen molar-refractivity contribution >= 4 is 11.0 Å². The van der Waals surface area contributed by atoms with Gasteiger partial charge < -0.3 is 24.1 Å². The number of methoxy groups -OCH3 is 2. The van der Waals surface area contributed by atoms with Gasteiger partial charge in [0.25, 0.3) is 0 Å². The number of ether oxygens (including phenoxy) is 2. The molecule has 0 fully saturated rings. The van der Waals surface area contributed by atoms with Crippen LogP contribution in [0.2, 0.25) is 0 Å². The number of benzene rings is 2. The minimum absolute atomic E-state index is 0.00216. The number of rotatable bonds is 3. The summed E-state index contributed by atoms with van der Waals surface area (Å²) in [5.41, 5.74) is 0.153. The van der Waals surface area contributed by atoms with Crippen molar-refractivity contribution in [3.05, 3.63) is 46.6 Å². The van der Waals surface area contributed by atoms with Crippen LogP contribution in [-0.2, 0) is 0 Å². The van der Waals surface area contributed by atoms with Crippen molar-refractivity contribution in [2.45, 2.75) is 0 Å². The van der Waals surface area contributed by atoms with E-state index >= 15 is 0 Å². The second kappa shape index (κ2) is 5.57. The maximum atomic E-state index is 12.6. The molecule has 0 bridgehead atoms. The summed E-state index contributed by atoms with van der Waals surface area (Å²) in [6.45, 7) is 0. The Kier molecular flexibility index (Phi) is 3.57. The fourth-order valence-electron chi connectivity index (χ4n) is 2.40. The summed E-state index contributed by atoms with van der Waals surface area (Å²) in [7, 11) is 2.67. The van der Waals surface area contributed by atoms with Crippen molar-refractivity contribution in [3.63, 3.8) is 0 Å². The normalized spacial score (nSPS) is 10.7. The van der Waals surface area contributed by atoms with Gasteiger partial charge in [-0.15, -0.1) is 0 Å². The number of phenolic OH excluding ortho intramolecular Hbond substituents is 2. The summed E-state index contributed by atoms with van der Waals surface area (Å²) < 4.78 is 15.9. The van der Waals surface area contributed by atoms with Gasteiger partial charge in [0.1, 0.15) is 11.0 Å². The lowest BCUT2D eigenvalue weighted by Crippen LogP contribution is -2.08. The van der Waals surface area contributed by atoms with Crippen molar-refractivity contribution in [3.8, 4) is 34.3 Å². The quantitative estimate of drug-likeness (QED) is 0.723. The molecule has 0 unspecified atom stereocenters. The van der Waals surface area contributed by atoms with E-state index in [0.29, 0.717) is 5.56 Å². The van der Waals surface area contributed by atoms with Gasteiger partial charge in [0.2, 0.25) is 16.9 Å². The smallest absolute Gasteiger partial charge is 0.239 e. The van der Waals surface area contributed by atoms with Crippen LogP contribution in [0.4, 0.5) is 0 Å². The molecule has 6 nitrogen and oxygen atoms in total. The molecule has 2 N–H and O–H groups in total. The van der Waals surface area contributed by atoms with E-state index in [9.17, 15) is 15.0 Å². The Morgan fingerprint density at radius 3 is 2.30 bits per heavy atom. The number of fused-ring (bicyclic) bond motifs is 1. The number of hydrogen-bond donors (Lipinski definition) is 2. The Balaban J connectivity index is 2.44. The molecular formula is C17H14O6. The van der Waals surface area contributed by atoms with Gasteiger partial charge in [-0.1, -0.05) is 30.3 Å². The fraction of sp³-hybridized carbons (Fsp3) is 0.118. The van der Waals surface area contributed by atoms with Crippen molar-refractivity contribution in [2.75, 3.05) is 14.2 Å². The molecule has 2 aromatic carbocycles. The second-order valence-corrected chi connectivity index (χ2v) is 4.81. The highest BCUT2D eigenvalue weighted by atomic mass is 16.5. The maximum absolute atomic E-state index is 12.6. The monoisotopic (exact) mass is 314 g/mol. The second-order valence-electron chi connectivity index (χ2n) is 4.81. The van der Waals surface area contributed by atoms with Crippen LogP contribution in [0, 0.1) is 0 Å². The third-order valence-corrected chi connectivity index (χ3v) is 3.51. The predicted octanol–water partition coefficient (Wildman–Crippen LogP) is 2.89. The highest BCUT2D eigenvalue weighted by Gasteiger charge is 2.23. The van der Waals surface area contributed by atoms with E-state index in [1.54, 1.807) is 24.3 Å². The van der Waals surface area contributed by atoms with E-state index in [1.807, 2.05) is 6.07 Å². The molecule has 0 atom stereocenters. The lowest BCUT2D eigenvalue weighted by molar-refractivity contribution is 0.351. The third kappa shape index (κ3) is 2.24. The van der Waals surface area contributed by atoms with Crippen LogP contribution in [0.15, 0.2) is 45.6 Å². The van der Waals surface area contributed by atoms with Gasteiger partial charge in [0.15, 0.2) is 17.3 Å². The molecule has 0 saturated carbocycles. The van der Waals surface area contributed by atoms with Crippen LogP contribution < -0.4 is 14.9 Å². The molecular weight excluding hydrogens is 300 g/mol. The first kappa shape index (κ1) is 14.8.